The Balaban J connectivity index is 1.33. The highest BCUT2D eigenvalue weighted by Crippen LogP contribution is 2.64. The summed E-state index contributed by atoms with van der Waals surface area (Å²) in [5, 5.41) is 12.3. The molecule has 2 aliphatic carbocycles. The van der Waals surface area contributed by atoms with Crippen LogP contribution in [0.4, 0.5) is 15.8 Å². The minimum atomic E-state index is -1.58. The average molecular weight is 799 g/mol. The number of aryl methyl sites for hydroxylation is 1. The normalized spacial score (nSPS) is 26.3. The van der Waals surface area contributed by atoms with Gasteiger partial charge in [-0.05, 0) is 118 Å². The molecule has 3 fully saturated rings. The zero-order chi connectivity index (χ0) is 37.3. The first-order chi connectivity index (χ1) is 25.5. The van der Waals surface area contributed by atoms with Crippen LogP contribution in [-0.4, -0.2) is 40.9 Å². The van der Waals surface area contributed by atoms with Crippen molar-refractivity contribution in [2.45, 2.75) is 37.5 Å². The van der Waals surface area contributed by atoms with Crippen molar-refractivity contribution in [1.82, 2.24) is 5.01 Å². The van der Waals surface area contributed by atoms with Crippen LogP contribution in [0.2, 0.25) is 5.02 Å². The number of hydrazine groups is 1. The zero-order valence-corrected chi connectivity index (χ0v) is 31.0. The van der Waals surface area contributed by atoms with E-state index in [1.54, 1.807) is 48.5 Å². The molecule has 12 heteroatoms. The third-order valence-electron chi connectivity index (χ3n) is 11.5. The van der Waals surface area contributed by atoms with Gasteiger partial charge in [0.15, 0.2) is 11.5 Å². The number of aromatic hydroxyl groups is 1. The van der Waals surface area contributed by atoms with Gasteiger partial charge in [-0.15, -0.1) is 0 Å². The molecule has 1 saturated carbocycles. The Bertz CT molecular complexity index is 2210. The fourth-order valence-electron chi connectivity index (χ4n) is 9.08. The number of carbonyl (C=O) groups excluding carboxylic acids is 4. The summed E-state index contributed by atoms with van der Waals surface area (Å²) in [5.74, 6) is -6.15. The van der Waals surface area contributed by atoms with E-state index in [1.807, 2.05) is 25.1 Å². The van der Waals surface area contributed by atoms with E-state index in [2.05, 4.69) is 21.4 Å². The number of amides is 4. The third kappa shape index (κ3) is 5.30. The van der Waals surface area contributed by atoms with E-state index in [0.29, 0.717) is 32.0 Å². The van der Waals surface area contributed by atoms with Crippen LogP contribution in [0.25, 0.3) is 0 Å². The van der Waals surface area contributed by atoms with E-state index >= 15 is 4.79 Å². The lowest BCUT2D eigenvalue weighted by atomic mass is 9.49. The van der Waals surface area contributed by atoms with E-state index in [4.69, 9.17) is 16.3 Å². The fraction of sp³-hybridized carbons (Fsp3) is 0.268. The number of rotatable bonds is 7. The maximum absolute atomic E-state index is 15.3. The van der Waals surface area contributed by atoms with Gasteiger partial charge in [0.1, 0.15) is 5.82 Å². The van der Waals surface area contributed by atoms with E-state index in [-0.39, 0.29) is 36.2 Å². The quantitative estimate of drug-likeness (QED) is 0.145. The monoisotopic (exact) mass is 797 g/mol. The van der Waals surface area contributed by atoms with E-state index in [0.717, 1.165) is 22.6 Å². The lowest BCUT2D eigenvalue weighted by molar-refractivity contribution is -0.138. The maximum Gasteiger partial charge on any atom is 0.260 e. The summed E-state index contributed by atoms with van der Waals surface area (Å²) in [7, 11) is 1.42. The molecule has 4 aliphatic rings. The van der Waals surface area contributed by atoms with Crippen molar-refractivity contribution >= 4 is 62.5 Å². The van der Waals surface area contributed by atoms with Gasteiger partial charge >= 0.3 is 0 Å². The van der Waals surface area contributed by atoms with Crippen LogP contribution >= 0.6 is 27.5 Å². The van der Waals surface area contributed by atoms with Crippen LogP contribution in [0.15, 0.2) is 101 Å². The Morgan fingerprint density at radius 3 is 2.30 bits per heavy atom. The van der Waals surface area contributed by atoms with Crippen LogP contribution in [0, 0.1) is 29.5 Å². The number of halogens is 3. The number of hydrogen-bond donors (Lipinski definition) is 2. The van der Waals surface area contributed by atoms with Gasteiger partial charge in [0.05, 0.1) is 46.1 Å². The van der Waals surface area contributed by atoms with Gasteiger partial charge in [0.2, 0.25) is 11.8 Å². The van der Waals surface area contributed by atoms with Crippen molar-refractivity contribution in [2.24, 2.45) is 23.7 Å². The Kier molecular flexibility index (Phi) is 8.69. The minimum Gasteiger partial charge on any atom is -0.503 e. The summed E-state index contributed by atoms with van der Waals surface area (Å²) in [5.41, 5.74) is 5.07. The number of nitrogens with zero attached hydrogens (tertiary/aromatic N) is 2. The summed E-state index contributed by atoms with van der Waals surface area (Å²) >= 11 is 9.84. The molecule has 0 spiro atoms. The van der Waals surface area contributed by atoms with Gasteiger partial charge in [-0.2, -0.15) is 5.01 Å². The first kappa shape index (κ1) is 35.1. The highest BCUT2D eigenvalue weighted by molar-refractivity contribution is 9.10. The Hall–Kier alpha value is -5.00. The number of fused-ring (bicyclic) bond motifs is 4. The maximum atomic E-state index is 15.3. The third-order valence-corrected chi connectivity index (χ3v) is 12.3. The molecule has 0 unspecified atom stereocenters. The van der Waals surface area contributed by atoms with Crippen molar-refractivity contribution in [2.75, 3.05) is 17.4 Å². The topological polar surface area (TPSA) is 116 Å². The summed E-state index contributed by atoms with van der Waals surface area (Å²) in [6.07, 6.45) is 3.11. The first-order valence-electron chi connectivity index (χ1n) is 17.4. The van der Waals surface area contributed by atoms with Crippen LogP contribution in [0.5, 0.6) is 11.5 Å². The van der Waals surface area contributed by atoms with E-state index in [9.17, 15) is 23.9 Å². The van der Waals surface area contributed by atoms with Crippen molar-refractivity contribution in [3.8, 4) is 11.5 Å². The number of imide groups is 2. The number of phenolic OH excluding ortho intramolecular Hbond substituents is 1. The lowest BCUT2D eigenvalue weighted by Gasteiger charge is -2.50. The fourth-order valence-corrected chi connectivity index (χ4v) is 9.67. The van der Waals surface area contributed by atoms with Gasteiger partial charge in [-0.25, -0.2) is 4.39 Å². The number of hydrogen-bond acceptors (Lipinski definition) is 7. The largest absolute Gasteiger partial charge is 0.503 e. The molecule has 2 saturated heterocycles. The molecule has 0 radical (unpaired) electrons. The molecule has 9 nitrogen and oxygen atoms in total. The number of anilines is 2. The van der Waals surface area contributed by atoms with Gasteiger partial charge in [-0.1, -0.05) is 54.4 Å². The molecule has 2 N–H and O–H groups in total. The summed E-state index contributed by atoms with van der Waals surface area (Å²) < 4.78 is 19.8. The summed E-state index contributed by atoms with van der Waals surface area (Å²) in [6.45, 7) is 2.03. The Labute approximate surface area is 318 Å². The molecular weight excluding hydrogens is 765 g/mol. The van der Waals surface area contributed by atoms with Gasteiger partial charge in [0.25, 0.3) is 11.8 Å². The first-order valence-corrected chi connectivity index (χ1v) is 18.6. The number of methoxy groups -OCH3 is 1. The van der Waals surface area contributed by atoms with Crippen LogP contribution in [0.3, 0.4) is 0 Å². The van der Waals surface area contributed by atoms with Gasteiger partial charge in [0, 0.05) is 10.9 Å². The minimum absolute atomic E-state index is 0.0936. The predicted octanol–water partition coefficient (Wildman–Crippen LogP) is 7.71. The highest BCUT2D eigenvalue weighted by atomic mass is 79.9. The predicted molar refractivity (Wildman–Crippen MR) is 200 cm³/mol. The molecule has 270 valence electrons. The number of carbonyl (C=O) groups is 4. The lowest BCUT2D eigenvalue weighted by Crippen LogP contribution is -2.53. The van der Waals surface area contributed by atoms with Crippen molar-refractivity contribution in [1.29, 1.82) is 0 Å². The molecule has 8 rings (SSSR count). The second kappa shape index (κ2) is 13.1. The number of benzene rings is 4. The second-order valence-electron chi connectivity index (χ2n) is 14.0. The van der Waals surface area contributed by atoms with Crippen molar-refractivity contribution in [3.05, 3.63) is 129 Å². The Morgan fingerprint density at radius 2 is 1.64 bits per heavy atom. The molecule has 4 amide bonds. The molecule has 0 aromatic heterocycles. The molecule has 4 aromatic carbocycles. The van der Waals surface area contributed by atoms with Crippen LogP contribution < -0.4 is 15.1 Å². The molecule has 2 heterocycles. The SMILES string of the molecule is CCc1ccc(N2C(=O)[C@H]3[C@H](CC=C4[C@H]3C[C@H]3C(=O)N(Nc5ccc(F)cc5)C(=O)[C@@]3(c3ccc(Cl)cc3)[C@H]4c3cc(Br)c(O)c(OC)c3)C2=O)cc1. The summed E-state index contributed by atoms with van der Waals surface area (Å²) in [4.78, 5) is 60.1. The van der Waals surface area contributed by atoms with E-state index in [1.165, 1.54) is 36.3 Å². The Morgan fingerprint density at radius 1 is 0.943 bits per heavy atom. The number of nitrogens with one attached hydrogen (secondary N) is 1. The molecule has 0 bridgehead atoms. The second-order valence-corrected chi connectivity index (χ2v) is 15.2. The molecular formula is C41H34BrClFN3O6. The molecule has 6 atom stereocenters. The van der Waals surface area contributed by atoms with Crippen molar-refractivity contribution < 1.29 is 33.4 Å². The number of allylic oxidation sites excluding steroid dienone is 2. The summed E-state index contributed by atoms with van der Waals surface area (Å²) in [6, 6.07) is 22.8. The van der Waals surface area contributed by atoms with Crippen LogP contribution in [-0.2, 0) is 31.0 Å². The molecule has 2 aliphatic heterocycles. The number of ether oxygens (including phenoxy) is 1. The number of phenols is 1. The highest BCUT2D eigenvalue weighted by Gasteiger charge is 2.70. The van der Waals surface area contributed by atoms with Gasteiger partial charge in [-0.3, -0.25) is 29.5 Å². The smallest absolute Gasteiger partial charge is 0.260 e. The zero-order valence-electron chi connectivity index (χ0n) is 28.7. The van der Waals surface area contributed by atoms with Crippen molar-refractivity contribution in [3.63, 3.8) is 0 Å². The van der Waals surface area contributed by atoms with E-state index < -0.39 is 52.6 Å². The van der Waals surface area contributed by atoms with Crippen LogP contribution in [0.1, 0.15) is 42.4 Å². The molecule has 53 heavy (non-hydrogen) atoms. The molecule has 4 aromatic rings. The average Bonchev–Trinajstić information content (AvgIpc) is 3.54. The standard InChI is InChI=1S/C41H34BrClFN3O6/c1-3-21-4-14-27(15-5-21)46-37(49)29-17-16-28-30(34(29)39(46)51)20-31-38(50)47(45-26-12-10-25(44)11-13-26)40(52)41(31,23-6-8-24(43)9-7-23)35(28)22-18-32(42)36(48)33(19-22)53-2/h4-16,18-19,29-31,34-35,45,48H,3,17,20H2,1-2H3/t29-,30+,31-,34-,35-,41+/m0/s1. The van der Waals surface area contributed by atoms with Gasteiger partial charge < -0.3 is 9.84 Å².